The summed E-state index contributed by atoms with van der Waals surface area (Å²) in [7, 11) is -4.19. The van der Waals surface area contributed by atoms with Gasteiger partial charge in [-0.2, -0.15) is 0 Å². The molecule has 1 aromatic carbocycles. The van der Waals surface area contributed by atoms with Crippen LogP contribution >= 0.6 is 22.7 Å². The molecule has 0 fully saturated rings. The van der Waals surface area contributed by atoms with E-state index in [2.05, 4.69) is 40.2 Å². The Morgan fingerprint density at radius 2 is 1.82 bits per heavy atom. The smallest absolute Gasteiger partial charge is 0.140 e. The predicted octanol–water partition coefficient (Wildman–Crippen LogP) is -0.159. The molecule has 92 valence electrons. The molecule has 3 rings (SSSR count). The van der Waals surface area contributed by atoms with Crippen molar-refractivity contribution in [1.82, 2.24) is 0 Å². The van der Waals surface area contributed by atoms with E-state index in [1.165, 1.54) is 14.4 Å². The molecule has 0 saturated heterocycles. The zero-order valence-corrected chi connectivity index (χ0v) is 10.7. The first-order valence-corrected chi connectivity index (χ1v) is 7.39. The van der Waals surface area contributed by atoms with Crippen molar-refractivity contribution < 1.29 is 33.3 Å². The Bertz CT molecular complexity index is 624. The summed E-state index contributed by atoms with van der Waals surface area (Å²) in [4.78, 5) is 0. The summed E-state index contributed by atoms with van der Waals surface area (Å²) in [5, 5.41) is 2.12. The van der Waals surface area contributed by atoms with Crippen LogP contribution in [0, 0.1) is 10.2 Å². The summed E-state index contributed by atoms with van der Waals surface area (Å²) in [6.45, 7) is 0. The van der Waals surface area contributed by atoms with Crippen LogP contribution in [0.5, 0.6) is 0 Å². The standard InChI is InChI=1S/C9H6NS2.ClH3O4/c1-2-4-8-7(3-1)10-5-6-11-9(10)12-8;2-1(3,4)5/h1-6H;2-4H/q+1;. The van der Waals surface area contributed by atoms with Gasteiger partial charge in [-0.15, -0.1) is 4.40 Å². The zero-order valence-electron chi connectivity index (χ0n) is 8.36. The minimum Gasteiger partial charge on any atom is -0.140 e. The summed E-state index contributed by atoms with van der Waals surface area (Å²) >= 11 is 3.64. The number of thiazole rings is 2. The van der Waals surface area contributed by atoms with Gasteiger partial charge in [-0.1, -0.05) is 34.8 Å². The molecule has 0 amide bonds. The molecule has 5 nitrogen and oxygen atoms in total. The topological polar surface area (TPSA) is 87.8 Å². The molecule has 3 N–H and O–H groups in total. The molecule has 0 aliphatic heterocycles. The van der Waals surface area contributed by atoms with Gasteiger partial charge in [0.25, 0.3) is 0 Å². The summed E-state index contributed by atoms with van der Waals surface area (Å²) < 4.78 is 35.2. The minimum absolute atomic E-state index is 1.32. The van der Waals surface area contributed by atoms with Gasteiger partial charge in [0.15, 0.2) is 6.20 Å². The number of para-hydroxylation sites is 1. The molecule has 0 aliphatic rings. The number of hydrogen-bond donors (Lipinski definition) is 3. The molecule has 0 spiro atoms. The molecular weight excluding hydrogens is 286 g/mol. The van der Waals surface area contributed by atoms with Crippen molar-refractivity contribution in [2.24, 2.45) is 0 Å². The fraction of sp³-hybridized carbons (Fsp3) is 0. The second-order valence-corrected chi connectivity index (χ2v) is 6.09. The van der Waals surface area contributed by atoms with E-state index >= 15 is 0 Å². The van der Waals surface area contributed by atoms with Crippen LogP contribution < -0.4 is 9.06 Å². The maximum Gasteiger partial charge on any atom is 0.326 e. The van der Waals surface area contributed by atoms with Gasteiger partial charge in [0.1, 0.15) is 4.70 Å². The Morgan fingerprint density at radius 3 is 2.53 bits per heavy atom. The van der Waals surface area contributed by atoms with Crippen molar-refractivity contribution in [2.75, 3.05) is 0 Å². The molecule has 17 heavy (non-hydrogen) atoms. The van der Waals surface area contributed by atoms with E-state index in [9.17, 15) is 0 Å². The quantitative estimate of drug-likeness (QED) is 0.503. The first kappa shape index (κ1) is 12.7. The number of halogens is 1. The number of hydrogen-bond acceptors (Lipinski definition) is 6. The Morgan fingerprint density at radius 1 is 1.18 bits per heavy atom. The molecule has 0 bridgehead atoms. The van der Waals surface area contributed by atoms with E-state index in [-0.39, 0.29) is 0 Å². The fourth-order valence-electron chi connectivity index (χ4n) is 1.36. The molecular formula is C9H9ClNO4S2+. The Hall–Kier alpha value is -0.800. The Balaban J connectivity index is 0.000000188. The molecule has 0 radical (unpaired) electrons. The third-order valence-electron chi connectivity index (χ3n) is 1.90. The average molecular weight is 295 g/mol. The third-order valence-corrected chi connectivity index (χ3v) is 4.03. The maximum atomic E-state index is 8.83. The molecule has 3 aromatic rings. The number of aromatic nitrogens is 1. The fourth-order valence-corrected chi connectivity index (χ4v) is 3.42. The van der Waals surface area contributed by atoms with Gasteiger partial charge in [0, 0.05) is 6.07 Å². The van der Waals surface area contributed by atoms with Gasteiger partial charge < -0.3 is 0 Å². The third kappa shape index (κ3) is 3.33. The predicted molar refractivity (Wildman–Crippen MR) is 59.5 cm³/mol. The molecule has 0 saturated carbocycles. The monoisotopic (exact) mass is 294 g/mol. The van der Waals surface area contributed by atoms with Crippen molar-refractivity contribution in [3.63, 3.8) is 0 Å². The van der Waals surface area contributed by atoms with Gasteiger partial charge in [0.05, 0.1) is 5.38 Å². The summed E-state index contributed by atoms with van der Waals surface area (Å²) in [5.41, 5.74) is 1.32. The maximum absolute atomic E-state index is 8.83. The number of rotatable bonds is 0. The van der Waals surface area contributed by atoms with Crippen LogP contribution in [-0.4, -0.2) is 14.0 Å². The van der Waals surface area contributed by atoms with Crippen LogP contribution in [0.25, 0.3) is 14.4 Å². The molecule has 8 heteroatoms. The van der Waals surface area contributed by atoms with Crippen molar-refractivity contribution in [3.8, 4) is 0 Å². The van der Waals surface area contributed by atoms with Gasteiger partial charge in [0.2, 0.25) is 5.52 Å². The second kappa shape index (κ2) is 4.83. The van der Waals surface area contributed by atoms with E-state index in [1.807, 2.05) is 11.3 Å². The molecule has 0 unspecified atom stereocenters. The second-order valence-electron chi connectivity index (χ2n) is 3.04. The molecule has 2 aromatic heterocycles. The van der Waals surface area contributed by atoms with Crippen molar-refractivity contribution >= 4 is 37.0 Å². The van der Waals surface area contributed by atoms with E-state index < -0.39 is 10.2 Å². The van der Waals surface area contributed by atoms with Crippen LogP contribution in [0.4, 0.5) is 0 Å². The van der Waals surface area contributed by atoms with Crippen LogP contribution in [0.1, 0.15) is 0 Å². The van der Waals surface area contributed by atoms with Crippen LogP contribution in [0.2, 0.25) is 0 Å². The summed E-state index contributed by atoms with van der Waals surface area (Å²) in [5.74, 6) is 0. The van der Waals surface area contributed by atoms with Crippen LogP contribution in [-0.2, 0) is 0 Å². The number of nitrogens with zero attached hydrogens (tertiary/aromatic N) is 1. The Kier molecular flexibility index (Phi) is 3.59. The zero-order chi connectivity index (χ0) is 12.5. The van der Waals surface area contributed by atoms with Crippen molar-refractivity contribution in [1.29, 1.82) is 0 Å². The largest absolute Gasteiger partial charge is 0.326 e. The SMILES string of the molecule is [O-][Cl+](O)(O)O.c1ccc2c(c1)sc1scc[n+]12. The molecule has 0 aliphatic carbocycles. The van der Waals surface area contributed by atoms with E-state index in [0.29, 0.717) is 0 Å². The van der Waals surface area contributed by atoms with E-state index in [0.717, 1.165) is 0 Å². The summed E-state index contributed by atoms with van der Waals surface area (Å²) in [6, 6.07) is 8.49. The van der Waals surface area contributed by atoms with Crippen molar-refractivity contribution in [3.05, 3.63) is 35.8 Å². The number of benzene rings is 1. The Labute approximate surface area is 106 Å². The van der Waals surface area contributed by atoms with Gasteiger partial charge in [-0.3, -0.25) is 0 Å². The number of fused-ring (bicyclic) bond motifs is 3. The van der Waals surface area contributed by atoms with Gasteiger partial charge in [-0.25, -0.2) is 0 Å². The first-order chi connectivity index (χ1) is 7.95. The van der Waals surface area contributed by atoms with Gasteiger partial charge >= 0.3 is 33.0 Å². The van der Waals surface area contributed by atoms with Crippen LogP contribution in [0.15, 0.2) is 35.8 Å². The summed E-state index contributed by atoms with van der Waals surface area (Å²) in [6.07, 6.45) is 2.12. The minimum atomic E-state index is -4.19. The van der Waals surface area contributed by atoms with Gasteiger partial charge in [-0.05, 0) is 6.07 Å². The molecule has 2 heterocycles. The normalized spacial score (nSPS) is 12.5. The van der Waals surface area contributed by atoms with Crippen LogP contribution in [0.3, 0.4) is 0 Å². The van der Waals surface area contributed by atoms with Crippen molar-refractivity contribution in [2.45, 2.75) is 0 Å². The average Bonchev–Trinajstić information content (AvgIpc) is 2.73. The molecule has 0 atom stereocenters. The van der Waals surface area contributed by atoms with E-state index in [1.54, 1.807) is 11.3 Å². The first-order valence-electron chi connectivity index (χ1n) is 4.38. The van der Waals surface area contributed by atoms with E-state index in [4.69, 9.17) is 18.6 Å².